The molecule has 0 radical (unpaired) electrons. The average molecular weight is 1840 g/mol. The molecule has 0 saturated heterocycles. The first kappa shape index (κ1) is 90.0. The molecule has 10 aromatic rings. The number of anilines is 2. The van der Waals surface area contributed by atoms with Gasteiger partial charge in [-0.25, -0.2) is 64.9 Å². The summed E-state index contributed by atoms with van der Waals surface area (Å²) in [5.74, 6) is -14.3. The van der Waals surface area contributed by atoms with Crippen molar-refractivity contribution in [3.05, 3.63) is 191 Å². The van der Waals surface area contributed by atoms with Gasteiger partial charge in [0.1, 0.15) is 51.1 Å². The van der Waals surface area contributed by atoms with E-state index in [9.17, 15) is 103 Å². The van der Waals surface area contributed by atoms with Crippen molar-refractivity contribution >= 4 is 111 Å². The Kier molecular flexibility index (Phi) is 22.8. The molecule has 21 rings (SSSR count). The Balaban J connectivity index is 0.000000119. The van der Waals surface area contributed by atoms with E-state index in [-0.39, 0.29) is 116 Å². The van der Waals surface area contributed by atoms with Crippen molar-refractivity contribution in [2.45, 2.75) is 173 Å². The molecular formula is C88H81F6N17O22. The summed E-state index contributed by atoms with van der Waals surface area (Å²) in [5.41, 5.74) is 5.69. The number of alkyl halides is 6. The maximum atomic E-state index is 13.8. The van der Waals surface area contributed by atoms with Crippen molar-refractivity contribution in [2.24, 2.45) is 29.6 Å². The third-order valence-corrected chi connectivity index (χ3v) is 26.3. The van der Waals surface area contributed by atoms with Gasteiger partial charge < -0.3 is 72.8 Å². The van der Waals surface area contributed by atoms with Crippen LogP contribution in [0.2, 0.25) is 0 Å². The molecule has 10 aromatic heterocycles. The Morgan fingerprint density at radius 3 is 1.29 bits per heavy atom. The molecule has 3 amide bonds. The van der Waals surface area contributed by atoms with E-state index in [0.29, 0.717) is 111 Å². The van der Waals surface area contributed by atoms with Crippen LogP contribution in [-0.2, 0) is 80.6 Å². The molecule has 0 unspecified atom stereocenters. The van der Waals surface area contributed by atoms with Crippen molar-refractivity contribution < 1.29 is 132 Å². The van der Waals surface area contributed by atoms with Gasteiger partial charge in [0.15, 0.2) is 0 Å². The highest BCUT2D eigenvalue weighted by molar-refractivity contribution is 6.45. The van der Waals surface area contributed by atoms with Gasteiger partial charge in [-0.3, -0.25) is 48.3 Å². The number of amides is 3. The predicted molar refractivity (Wildman–Crippen MR) is 439 cm³/mol. The molecule has 6 fully saturated rings. The number of rotatable bonds is 23. The number of hydrogen-bond acceptors (Lipinski definition) is 27. The summed E-state index contributed by atoms with van der Waals surface area (Å²) in [6.45, 7) is 9.74. The Morgan fingerprint density at radius 1 is 0.504 bits per heavy atom. The van der Waals surface area contributed by atoms with Crippen molar-refractivity contribution in [1.29, 1.82) is 0 Å². The Hall–Kier alpha value is -15.0. The Labute approximate surface area is 745 Å². The standard InChI is InChI=1S/C24H21F4N7O3.C19H17F2N3O4.C18H15N5O5.C15H17NO5.C12H11NO5/c1-10-17(19(36)22(38)32-23(8-24(27,28)9-23)16-7-30-34-33-16)15-5-11-4-14(11)35(15)18(10)21(37)31-12-2-3-29-13(6-12)20(25)26;1-8-14(16(25)19(27)28-2)13-6-9-5-12(9)24(13)15(8)18(26)23-10-3-4-22-11(7-10)17(20)21;1-8-13(15(24)18(26)27-2)12-7-9-6-11(9)22(12)14(8)17(25)28-23-16-10(20-21-23)4-3-5-19-16;1-4-21-15(19)13(17)11-7(2)12(14(18)20-3)16-9-5-8(9)6-10(11)16;1-4-8(10(14)12(17)18)7-3-5-2-6(5)13(7)9(4)11(15)16/h2-3,6-7,11,14,20H,4-5,8-9H2,1H3,(H,32,38)(H,29,31,37)(H,30,33,34);3-4,7,9,12,17H,5-6H2,1-2H3,(H,22,23,26);3-5,9,11H,6-7H2,1-2H3;8-9H,4-6H2,1-3H3;5-6H,2-3H2,1H3,(H,15,16)(H,17,18)/t11-,14-;9-,12-;9-,11-;8-,9-;5-,6-/m11111/s1. The summed E-state index contributed by atoms with van der Waals surface area (Å²) < 4.78 is 107. The van der Waals surface area contributed by atoms with Crippen LogP contribution in [0.4, 0.5) is 37.7 Å². The molecule has 11 aliphatic rings. The van der Waals surface area contributed by atoms with Crippen LogP contribution in [0.3, 0.4) is 0 Å². The van der Waals surface area contributed by atoms with E-state index in [4.69, 9.17) is 19.4 Å². The second-order valence-corrected chi connectivity index (χ2v) is 34.4. The number of aliphatic carboxylic acids is 1. The molecule has 10 atom stereocenters. The van der Waals surface area contributed by atoms with Gasteiger partial charge in [-0.05, 0) is 210 Å². The van der Waals surface area contributed by atoms with Crippen molar-refractivity contribution in [2.75, 3.05) is 38.6 Å². The van der Waals surface area contributed by atoms with E-state index >= 15 is 0 Å². The summed E-state index contributed by atoms with van der Waals surface area (Å²) in [6.07, 6.45) is 5.68. The maximum absolute atomic E-state index is 13.8. The van der Waals surface area contributed by atoms with Crippen molar-refractivity contribution in [3.63, 3.8) is 0 Å². The minimum Gasteiger partial charge on any atom is -0.477 e. The lowest BCUT2D eigenvalue weighted by atomic mass is 9.71. The number of carboxylic acids is 2. The smallest absolute Gasteiger partial charge is 0.382 e. The summed E-state index contributed by atoms with van der Waals surface area (Å²) in [7, 11) is 3.59. The lowest BCUT2D eigenvalue weighted by Gasteiger charge is -2.46. The molecular weight excluding hydrogens is 1760 g/mol. The summed E-state index contributed by atoms with van der Waals surface area (Å²) >= 11 is 0. The number of nitrogens with zero attached hydrogens (tertiary/aromatic N) is 13. The molecule has 5 aliphatic heterocycles. The van der Waals surface area contributed by atoms with Gasteiger partial charge in [0.05, 0.1) is 67.5 Å². The largest absolute Gasteiger partial charge is 0.477 e. The number of hydrogen-bond donors (Lipinski definition) is 6. The van der Waals surface area contributed by atoms with Gasteiger partial charge in [-0.1, -0.05) is 0 Å². The number of carbonyl (C=O) groups excluding carboxylic acids is 13. The topological polar surface area (TPSA) is 514 Å². The molecule has 0 bridgehead atoms. The van der Waals surface area contributed by atoms with Gasteiger partial charge in [0, 0.05) is 101 Å². The van der Waals surface area contributed by atoms with Crippen LogP contribution in [0.5, 0.6) is 0 Å². The van der Waals surface area contributed by atoms with Gasteiger partial charge in [0.2, 0.25) is 5.65 Å². The van der Waals surface area contributed by atoms with Gasteiger partial charge >= 0.3 is 41.8 Å². The highest BCUT2D eigenvalue weighted by Gasteiger charge is 2.61. The number of pyridine rings is 3. The first-order valence-electron chi connectivity index (χ1n) is 42.1. The Bertz CT molecular complexity index is 6740. The Morgan fingerprint density at radius 2 is 0.902 bits per heavy atom. The van der Waals surface area contributed by atoms with E-state index < -0.39 is 137 Å². The van der Waals surface area contributed by atoms with Crippen molar-refractivity contribution in [3.8, 4) is 0 Å². The lowest BCUT2D eigenvalue weighted by Crippen LogP contribution is -2.61. The predicted octanol–water partition coefficient (Wildman–Crippen LogP) is 9.10. The zero-order valence-corrected chi connectivity index (χ0v) is 72.0. The molecule has 0 spiro atoms. The number of aromatic amines is 1. The van der Waals surface area contributed by atoms with E-state index in [0.717, 1.165) is 81.6 Å². The number of halogens is 6. The second-order valence-electron chi connectivity index (χ2n) is 34.4. The average Bonchev–Trinajstić information content (AvgIpc) is 1.56. The molecule has 39 nitrogen and oxygen atoms in total. The molecule has 0 aromatic carbocycles. The van der Waals surface area contributed by atoms with Gasteiger partial charge in [-0.15, -0.1) is 5.10 Å². The van der Waals surface area contributed by atoms with E-state index in [1.54, 1.807) is 53.5 Å². The summed E-state index contributed by atoms with van der Waals surface area (Å²) in [6, 6.07) is 8.97. The highest BCUT2D eigenvalue weighted by atomic mass is 19.3. The lowest BCUT2D eigenvalue weighted by molar-refractivity contribution is -0.148. The molecule has 15 heterocycles. The number of H-pyrrole nitrogens is 1. The van der Waals surface area contributed by atoms with E-state index in [1.807, 2.05) is 9.13 Å². The monoisotopic (exact) mass is 1840 g/mol. The van der Waals surface area contributed by atoms with Crippen LogP contribution in [-0.4, -0.2) is 201 Å². The van der Waals surface area contributed by atoms with E-state index in [2.05, 4.69) is 66.1 Å². The number of carboxylic acid groups (broad SMARTS) is 2. The number of nitrogens with one attached hydrogen (secondary N) is 4. The third kappa shape index (κ3) is 15.7. The normalized spacial score (nSPS) is 20.9. The third-order valence-electron chi connectivity index (χ3n) is 26.3. The zero-order valence-electron chi connectivity index (χ0n) is 72.0. The van der Waals surface area contributed by atoms with Gasteiger partial charge in [0.25, 0.3) is 65.4 Å². The quantitative estimate of drug-likeness (QED) is 0.00867. The molecule has 6 saturated carbocycles. The number of methoxy groups -OCH3 is 3. The second kappa shape index (κ2) is 33.8. The minimum atomic E-state index is -3.04. The van der Waals surface area contributed by atoms with Crippen LogP contribution in [0.1, 0.15) is 273 Å². The molecule has 6 N–H and O–H groups in total. The van der Waals surface area contributed by atoms with Crippen LogP contribution in [0, 0.1) is 64.2 Å². The minimum absolute atomic E-state index is 0.0186. The number of aromatic carboxylic acids is 1. The van der Waals surface area contributed by atoms with E-state index in [1.165, 1.54) is 51.7 Å². The summed E-state index contributed by atoms with van der Waals surface area (Å²) in [5, 5.41) is 43.1. The maximum Gasteiger partial charge on any atom is 0.382 e. The number of carbonyl (C=O) groups is 15. The molecule has 6 aliphatic carbocycles. The molecule has 45 heteroatoms. The van der Waals surface area contributed by atoms with Crippen molar-refractivity contribution in [1.82, 2.24) is 73.7 Å². The van der Waals surface area contributed by atoms with Crippen LogP contribution in [0.15, 0.2) is 61.2 Å². The fraction of sp³-hybridized carbons (Fsp3) is 0.409. The molecule has 133 heavy (non-hydrogen) atoms. The number of fused-ring (bicyclic) bond motifs is 16. The number of esters is 4. The van der Waals surface area contributed by atoms with Crippen LogP contribution >= 0.6 is 0 Å². The first-order valence-corrected chi connectivity index (χ1v) is 42.1. The number of ketones is 5. The fourth-order valence-corrected chi connectivity index (χ4v) is 20.1. The number of aromatic nitrogens is 14. The number of ether oxygens (including phenoxy) is 4. The summed E-state index contributed by atoms with van der Waals surface area (Å²) in [4.78, 5) is 202. The first-order chi connectivity index (χ1) is 63.3. The molecule has 692 valence electrons. The van der Waals surface area contributed by atoms with Crippen LogP contribution < -0.4 is 20.8 Å². The SMILES string of the molecule is CCOC(=O)C(=O)c1c(C)c(C(=O)OC)n2c1C[C@H]1C[C@H]12.COC(=O)C(=O)c1c(C)c(C(=O)Nc2ccnc(C(F)F)c2)n2c1C[C@H]1C[C@H]12.COC(=O)C(=O)c1c(C)c(C(=O)On2nnc3cccnc32)n2c1C[C@H]1C[C@H]12.Cc1c(C(=O)C(=O)NC2(c3cn[nH]n3)CC(F)(F)C2)c2n(c1C(=O)Nc1ccnc(C(F)F)c1)[C@@H]1C[C@@H]1C2.Cc1c(C(=O)C(=O)O)c2n(c1C(=O)O)[C@@H]1C[C@@H]1C2. The van der Waals surface area contributed by atoms with Gasteiger partial charge in [-0.2, -0.15) is 15.4 Å². The fourth-order valence-electron chi connectivity index (χ4n) is 20.1. The number of Topliss-reactive ketones (excluding diaryl/α,β-unsaturated/α-hetero) is 5. The highest BCUT2D eigenvalue weighted by Crippen LogP contribution is 2.60. The van der Waals surface area contributed by atoms with Crippen LogP contribution in [0.25, 0.3) is 11.2 Å². The zero-order chi connectivity index (χ0) is 95.2.